The minimum atomic E-state index is -0.437. The van der Waals surface area contributed by atoms with E-state index in [0.29, 0.717) is 6.61 Å². The van der Waals surface area contributed by atoms with Gasteiger partial charge in [-0.15, -0.1) is 0 Å². The number of fused-ring (bicyclic) bond motifs is 1. The first kappa shape index (κ1) is 14.0. The Balaban J connectivity index is 1.54. The van der Waals surface area contributed by atoms with Crippen molar-refractivity contribution in [3.8, 4) is 11.5 Å². The lowest BCUT2D eigenvalue weighted by atomic mass is 10.1. The quantitative estimate of drug-likeness (QED) is 0.915. The molecule has 0 saturated heterocycles. The van der Waals surface area contributed by atoms with Gasteiger partial charge in [-0.05, 0) is 41.8 Å². The van der Waals surface area contributed by atoms with Crippen molar-refractivity contribution in [1.82, 2.24) is 0 Å². The minimum absolute atomic E-state index is 0.437. The molecule has 0 saturated carbocycles. The number of aliphatic hydroxyl groups is 1. The molecule has 110 valence electrons. The van der Waals surface area contributed by atoms with Gasteiger partial charge >= 0.3 is 0 Å². The molecule has 21 heavy (non-hydrogen) atoms. The smallest absolute Gasteiger partial charge is 0.122 e. The van der Waals surface area contributed by atoms with Gasteiger partial charge in [-0.25, -0.2) is 0 Å². The van der Waals surface area contributed by atoms with Crippen LogP contribution in [0.5, 0.6) is 11.5 Å². The zero-order valence-electron chi connectivity index (χ0n) is 12.2. The van der Waals surface area contributed by atoms with Crippen LogP contribution in [0.1, 0.15) is 29.7 Å². The summed E-state index contributed by atoms with van der Waals surface area (Å²) in [6.45, 7) is 3.20. The van der Waals surface area contributed by atoms with Crippen LogP contribution < -0.4 is 9.47 Å². The Hall–Kier alpha value is -2.00. The minimum Gasteiger partial charge on any atom is -0.493 e. The van der Waals surface area contributed by atoms with E-state index in [1.807, 2.05) is 24.3 Å². The summed E-state index contributed by atoms with van der Waals surface area (Å²) in [5.41, 5.74) is 3.48. The van der Waals surface area contributed by atoms with E-state index < -0.39 is 6.10 Å². The van der Waals surface area contributed by atoms with Crippen LogP contribution >= 0.6 is 0 Å². The maximum Gasteiger partial charge on any atom is 0.122 e. The van der Waals surface area contributed by atoms with Crippen LogP contribution in [0.2, 0.25) is 0 Å². The SMILES string of the molecule is C[C@H](O)c1ccc(OCCc2ccc3c(c2)CCO3)cc1. The van der Waals surface area contributed by atoms with Crippen molar-refractivity contribution in [2.24, 2.45) is 0 Å². The third-order valence-corrected chi connectivity index (χ3v) is 3.78. The fourth-order valence-corrected chi connectivity index (χ4v) is 2.52. The van der Waals surface area contributed by atoms with Crippen LogP contribution in [-0.4, -0.2) is 18.3 Å². The molecule has 1 aliphatic heterocycles. The molecule has 0 amide bonds. The summed E-state index contributed by atoms with van der Waals surface area (Å²) in [5, 5.41) is 9.47. The predicted molar refractivity (Wildman–Crippen MR) is 81.9 cm³/mol. The largest absolute Gasteiger partial charge is 0.493 e. The molecule has 1 aliphatic rings. The Morgan fingerprint density at radius 1 is 1.19 bits per heavy atom. The Bertz CT molecular complexity index is 602. The van der Waals surface area contributed by atoms with Gasteiger partial charge in [-0.3, -0.25) is 0 Å². The molecular formula is C18H20O3. The number of hydrogen-bond donors (Lipinski definition) is 1. The molecule has 3 heteroatoms. The lowest BCUT2D eigenvalue weighted by molar-refractivity contribution is 0.199. The molecule has 0 radical (unpaired) electrons. The van der Waals surface area contributed by atoms with E-state index in [2.05, 4.69) is 18.2 Å². The average Bonchev–Trinajstić information content (AvgIpc) is 2.95. The zero-order valence-corrected chi connectivity index (χ0v) is 12.2. The number of hydrogen-bond acceptors (Lipinski definition) is 3. The number of aliphatic hydroxyl groups excluding tert-OH is 1. The van der Waals surface area contributed by atoms with Gasteiger partial charge < -0.3 is 14.6 Å². The zero-order chi connectivity index (χ0) is 14.7. The lowest BCUT2D eigenvalue weighted by Crippen LogP contribution is -2.02. The highest BCUT2D eigenvalue weighted by molar-refractivity contribution is 5.39. The van der Waals surface area contributed by atoms with Crippen molar-refractivity contribution in [2.45, 2.75) is 25.9 Å². The number of benzene rings is 2. The summed E-state index contributed by atoms with van der Waals surface area (Å²) >= 11 is 0. The first-order chi connectivity index (χ1) is 10.2. The summed E-state index contributed by atoms with van der Waals surface area (Å²) in [4.78, 5) is 0. The molecule has 2 aromatic rings. The fourth-order valence-electron chi connectivity index (χ4n) is 2.52. The van der Waals surface area contributed by atoms with Gasteiger partial charge in [-0.1, -0.05) is 24.3 Å². The Kier molecular flexibility index (Phi) is 4.11. The summed E-state index contributed by atoms with van der Waals surface area (Å²) in [6.07, 6.45) is 1.45. The standard InChI is InChI=1S/C18H20O3/c1-13(19)15-3-5-17(6-4-15)20-10-8-14-2-7-18-16(12-14)9-11-21-18/h2-7,12-13,19H,8-11H2,1H3/t13-/m0/s1. The van der Waals surface area contributed by atoms with Gasteiger partial charge in [-0.2, -0.15) is 0 Å². The highest BCUT2D eigenvalue weighted by atomic mass is 16.5. The summed E-state index contributed by atoms with van der Waals surface area (Å²) in [5.74, 6) is 1.86. The van der Waals surface area contributed by atoms with Crippen LogP contribution in [0.3, 0.4) is 0 Å². The van der Waals surface area contributed by atoms with Gasteiger partial charge in [0.05, 0.1) is 19.3 Å². The molecule has 0 aromatic heterocycles. The van der Waals surface area contributed by atoms with Gasteiger partial charge in [0.1, 0.15) is 11.5 Å². The predicted octanol–water partition coefficient (Wildman–Crippen LogP) is 3.30. The molecule has 1 N–H and O–H groups in total. The second-order valence-electron chi connectivity index (χ2n) is 5.38. The molecule has 0 aliphatic carbocycles. The second-order valence-corrected chi connectivity index (χ2v) is 5.38. The van der Waals surface area contributed by atoms with Gasteiger partial charge in [0.25, 0.3) is 0 Å². The molecule has 1 heterocycles. The van der Waals surface area contributed by atoms with E-state index in [1.54, 1.807) is 6.92 Å². The number of rotatable bonds is 5. The molecule has 0 unspecified atom stereocenters. The monoisotopic (exact) mass is 284 g/mol. The van der Waals surface area contributed by atoms with E-state index in [0.717, 1.165) is 36.5 Å². The van der Waals surface area contributed by atoms with E-state index in [4.69, 9.17) is 9.47 Å². The fraction of sp³-hybridized carbons (Fsp3) is 0.333. The normalized spacial score (nSPS) is 14.4. The van der Waals surface area contributed by atoms with Crippen molar-refractivity contribution in [1.29, 1.82) is 0 Å². The van der Waals surface area contributed by atoms with Crippen molar-refractivity contribution < 1.29 is 14.6 Å². The van der Waals surface area contributed by atoms with Crippen LogP contribution in [0, 0.1) is 0 Å². The summed E-state index contributed by atoms with van der Waals surface area (Å²) in [6, 6.07) is 14.0. The van der Waals surface area contributed by atoms with Crippen LogP contribution in [0.4, 0.5) is 0 Å². The third-order valence-electron chi connectivity index (χ3n) is 3.78. The lowest BCUT2D eigenvalue weighted by Gasteiger charge is -2.09. The average molecular weight is 284 g/mol. The van der Waals surface area contributed by atoms with Crippen LogP contribution in [0.15, 0.2) is 42.5 Å². The number of ether oxygens (including phenoxy) is 2. The third kappa shape index (κ3) is 3.37. The van der Waals surface area contributed by atoms with E-state index in [9.17, 15) is 5.11 Å². The molecule has 1 atom stereocenters. The summed E-state index contributed by atoms with van der Waals surface area (Å²) < 4.78 is 11.3. The maximum absolute atomic E-state index is 9.47. The second kappa shape index (κ2) is 6.19. The molecule has 0 spiro atoms. The van der Waals surface area contributed by atoms with Crippen LogP contribution in [-0.2, 0) is 12.8 Å². The molecule has 2 aromatic carbocycles. The summed E-state index contributed by atoms with van der Waals surface area (Å²) in [7, 11) is 0. The first-order valence-corrected chi connectivity index (χ1v) is 7.38. The molecule has 0 fully saturated rings. The van der Waals surface area contributed by atoms with E-state index in [-0.39, 0.29) is 0 Å². The first-order valence-electron chi connectivity index (χ1n) is 7.38. The Labute approximate surface area is 125 Å². The van der Waals surface area contributed by atoms with Crippen molar-refractivity contribution in [3.63, 3.8) is 0 Å². The van der Waals surface area contributed by atoms with E-state index >= 15 is 0 Å². The maximum atomic E-state index is 9.47. The molecule has 0 bridgehead atoms. The highest BCUT2D eigenvalue weighted by Crippen LogP contribution is 2.26. The topological polar surface area (TPSA) is 38.7 Å². The van der Waals surface area contributed by atoms with Crippen molar-refractivity contribution in [2.75, 3.05) is 13.2 Å². The van der Waals surface area contributed by atoms with Gasteiger partial charge in [0, 0.05) is 12.8 Å². The van der Waals surface area contributed by atoms with Gasteiger partial charge in [0.2, 0.25) is 0 Å². The molecule has 3 nitrogen and oxygen atoms in total. The highest BCUT2D eigenvalue weighted by Gasteiger charge is 2.11. The molecule has 3 rings (SSSR count). The van der Waals surface area contributed by atoms with Crippen LogP contribution in [0.25, 0.3) is 0 Å². The van der Waals surface area contributed by atoms with Crippen molar-refractivity contribution >= 4 is 0 Å². The van der Waals surface area contributed by atoms with Gasteiger partial charge in [0.15, 0.2) is 0 Å². The van der Waals surface area contributed by atoms with Crippen molar-refractivity contribution in [3.05, 3.63) is 59.2 Å². The molecular weight excluding hydrogens is 264 g/mol. The van der Waals surface area contributed by atoms with E-state index in [1.165, 1.54) is 11.1 Å². The Morgan fingerprint density at radius 3 is 2.76 bits per heavy atom. The Morgan fingerprint density at radius 2 is 2.00 bits per heavy atom.